The van der Waals surface area contributed by atoms with Crippen LogP contribution in [0.25, 0.3) is 0 Å². The molecule has 0 atom stereocenters. The molecule has 0 amide bonds. The fourth-order valence-electron chi connectivity index (χ4n) is 1.24. The molecule has 1 aromatic carbocycles. The van der Waals surface area contributed by atoms with Gasteiger partial charge in [-0.2, -0.15) is 0 Å². The largest absolute Gasteiger partial charge is 0.380 e. The van der Waals surface area contributed by atoms with Gasteiger partial charge in [-0.05, 0) is 24.6 Å². The maximum Gasteiger partial charge on any atom is 0.147 e. The van der Waals surface area contributed by atoms with Crippen molar-refractivity contribution in [3.8, 4) is 0 Å². The SMILES string of the molecule is CCCCOCCNc1ccc(Br)cc1F. The average Bonchev–Trinajstić information content (AvgIpc) is 2.26. The first kappa shape index (κ1) is 13.5. The van der Waals surface area contributed by atoms with Gasteiger partial charge in [0, 0.05) is 17.6 Å². The summed E-state index contributed by atoms with van der Waals surface area (Å²) in [5.41, 5.74) is 0.516. The predicted octanol–water partition coefficient (Wildman–Crippen LogP) is 3.82. The summed E-state index contributed by atoms with van der Waals surface area (Å²) in [4.78, 5) is 0. The van der Waals surface area contributed by atoms with Gasteiger partial charge in [0.05, 0.1) is 12.3 Å². The van der Waals surface area contributed by atoms with E-state index in [-0.39, 0.29) is 5.82 Å². The maximum atomic E-state index is 13.3. The lowest BCUT2D eigenvalue weighted by Gasteiger charge is -2.08. The van der Waals surface area contributed by atoms with Gasteiger partial charge in [-0.1, -0.05) is 29.3 Å². The molecule has 0 aliphatic carbocycles. The number of hydrogen-bond acceptors (Lipinski definition) is 2. The fraction of sp³-hybridized carbons (Fsp3) is 0.500. The van der Waals surface area contributed by atoms with Crippen molar-refractivity contribution >= 4 is 21.6 Å². The highest BCUT2D eigenvalue weighted by Gasteiger charge is 2.01. The number of anilines is 1. The van der Waals surface area contributed by atoms with E-state index in [1.54, 1.807) is 6.07 Å². The van der Waals surface area contributed by atoms with Gasteiger partial charge >= 0.3 is 0 Å². The Bertz CT molecular complexity index is 320. The highest BCUT2D eigenvalue weighted by atomic mass is 79.9. The Morgan fingerprint density at radius 3 is 2.88 bits per heavy atom. The van der Waals surface area contributed by atoms with Crippen LogP contribution in [0.4, 0.5) is 10.1 Å². The second kappa shape index (κ2) is 7.63. The Labute approximate surface area is 104 Å². The van der Waals surface area contributed by atoms with Crippen LogP contribution in [0.1, 0.15) is 19.8 Å². The van der Waals surface area contributed by atoms with Crippen molar-refractivity contribution in [1.29, 1.82) is 0 Å². The van der Waals surface area contributed by atoms with Crippen LogP contribution < -0.4 is 5.32 Å². The van der Waals surface area contributed by atoms with Crippen LogP contribution in [0.3, 0.4) is 0 Å². The molecule has 0 unspecified atom stereocenters. The Hall–Kier alpha value is -0.610. The van der Waals surface area contributed by atoms with Crippen LogP contribution in [0.5, 0.6) is 0 Å². The highest BCUT2D eigenvalue weighted by Crippen LogP contribution is 2.18. The molecule has 0 aliphatic heterocycles. The summed E-state index contributed by atoms with van der Waals surface area (Å²) in [5.74, 6) is -0.247. The quantitative estimate of drug-likeness (QED) is 0.771. The molecule has 0 aliphatic rings. The molecule has 1 aromatic rings. The summed E-state index contributed by atoms with van der Waals surface area (Å²) in [6.07, 6.45) is 2.21. The lowest BCUT2D eigenvalue weighted by molar-refractivity contribution is 0.141. The molecule has 0 radical (unpaired) electrons. The van der Waals surface area contributed by atoms with E-state index in [9.17, 15) is 4.39 Å². The first-order valence-electron chi connectivity index (χ1n) is 5.50. The Balaban J connectivity index is 2.21. The van der Waals surface area contributed by atoms with Gasteiger partial charge in [0.25, 0.3) is 0 Å². The van der Waals surface area contributed by atoms with Crippen molar-refractivity contribution in [2.24, 2.45) is 0 Å². The van der Waals surface area contributed by atoms with Crippen molar-refractivity contribution in [3.63, 3.8) is 0 Å². The van der Waals surface area contributed by atoms with E-state index in [4.69, 9.17) is 4.74 Å². The van der Waals surface area contributed by atoms with Gasteiger partial charge in [-0.3, -0.25) is 0 Å². The lowest BCUT2D eigenvalue weighted by atomic mass is 10.3. The van der Waals surface area contributed by atoms with Gasteiger partial charge in [0.1, 0.15) is 5.82 Å². The Kier molecular flexibility index (Phi) is 6.42. The molecule has 1 rings (SSSR count). The van der Waals surface area contributed by atoms with Gasteiger partial charge < -0.3 is 10.1 Å². The van der Waals surface area contributed by atoms with E-state index in [0.29, 0.717) is 18.8 Å². The van der Waals surface area contributed by atoms with Crippen molar-refractivity contribution in [1.82, 2.24) is 0 Å². The zero-order valence-electron chi connectivity index (χ0n) is 9.43. The van der Waals surface area contributed by atoms with E-state index in [0.717, 1.165) is 23.9 Å². The van der Waals surface area contributed by atoms with Gasteiger partial charge in [0.2, 0.25) is 0 Å². The third-order valence-electron chi connectivity index (χ3n) is 2.14. The number of unbranched alkanes of at least 4 members (excludes halogenated alkanes) is 1. The molecule has 1 N–H and O–H groups in total. The predicted molar refractivity (Wildman–Crippen MR) is 68.3 cm³/mol. The summed E-state index contributed by atoms with van der Waals surface area (Å²) in [7, 11) is 0. The number of benzene rings is 1. The van der Waals surface area contributed by atoms with Gasteiger partial charge in [-0.25, -0.2) is 4.39 Å². The first-order chi connectivity index (χ1) is 7.74. The molecule has 0 heterocycles. The fourth-order valence-corrected chi connectivity index (χ4v) is 1.57. The van der Waals surface area contributed by atoms with Crippen LogP contribution in [0, 0.1) is 5.82 Å². The molecule has 0 spiro atoms. The maximum absolute atomic E-state index is 13.3. The average molecular weight is 290 g/mol. The minimum atomic E-state index is -0.247. The number of nitrogens with one attached hydrogen (secondary N) is 1. The van der Waals surface area contributed by atoms with Crippen LogP contribution in [-0.2, 0) is 4.74 Å². The van der Waals surface area contributed by atoms with Crippen molar-refractivity contribution in [3.05, 3.63) is 28.5 Å². The summed E-state index contributed by atoms with van der Waals surface area (Å²) < 4.78 is 19.5. The molecule has 2 nitrogen and oxygen atoms in total. The third-order valence-corrected chi connectivity index (χ3v) is 2.63. The van der Waals surface area contributed by atoms with E-state index in [2.05, 4.69) is 28.2 Å². The molecule has 90 valence electrons. The number of halogens is 2. The van der Waals surface area contributed by atoms with E-state index in [1.807, 2.05) is 6.07 Å². The topological polar surface area (TPSA) is 21.3 Å². The molecule has 0 saturated carbocycles. The second-order valence-electron chi connectivity index (χ2n) is 3.52. The van der Waals surface area contributed by atoms with E-state index >= 15 is 0 Å². The van der Waals surface area contributed by atoms with Crippen molar-refractivity contribution in [2.75, 3.05) is 25.1 Å². The number of rotatable bonds is 7. The number of hydrogen-bond donors (Lipinski definition) is 1. The number of ether oxygens (including phenoxy) is 1. The second-order valence-corrected chi connectivity index (χ2v) is 4.43. The summed E-state index contributed by atoms with van der Waals surface area (Å²) in [6, 6.07) is 4.97. The third kappa shape index (κ3) is 4.94. The Morgan fingerprint density at radius 1 is 1.38 bits per heavy atom. The van der Waals surface area contributed by atoms with Crippen LogP contribution in [0.15, 0.2) is 22.7 Å². The zero-order chi connectivity index (χ0) is 11.8. The normalized spacial score (nSPS) is 10.4. The Morgan fingerprint density at radius 2 is 2.19 bits per heavy atom. The molecule has 4 heteroatoms. The summed E-state index contributed by atoms with van der Waals surface area (Å²) in [6.45, 7) is 4.14. The molecular weight excluding hydrogens is 273 g/mol. The molecule has 0 fully saturated rings. The van der Waals surface area contributed by atoms with Crippen LogP contribution >= 0.6 is 15.9 Å². The minimum Gasteiger partial charge on any atom is -0.380 e. The summed E-state index contributed by atoms with van der Waals surface area (Å²) >= 11 is 3.21. The van der Waals surface area contributed by atoms with Gasteiger partial charge in [0.15, 0.2) is 0 Å². The van der Waals surface area contributed by atoms with Crippen LogP contribution in [-0.4, -0.2) is 19.8 Å². The first-order valence-corrected chi connectivity index (χ1v) is 6.30. The minimum absolute atomic E-state index is 0.247. The zero-order valence-corrected chi connectivity index (χ0v) is 11.0. The van der Waals surface area contributed by atoms with Crippen molar-refractivity contribution in [2.45, 2.75) is 19.8 Å². The van der Waals surface area contributed by atoms with Crippen molar-refractivity contribution < 1.29 is 9.13 Å². The molecular formula is C12H17BrFNO. The van der Waals surface area contributed by atoms with E-state index in [1.165, 1.54) is 6.07 Å². The van der Waals surface area contributed by atoms with Gasteiger partial charge in [-0.15, -0.1) is 0 Å². The van der Waals surface area contributed by atoms with Crippen LogP contribution in [0.2, 0.25) is 0 Å². The molecule has 0 saturated heterocycles. The molecule has 16 heavy (non-hydrogen) atoms. The van der Waals surface area contributed by atoms with E-state index < -0.39 is 0 Å². The lowest BCUT2D eigenvalue weighted by Crippen LogP contribution is -2.10. The summed E-state index contributed by atoms with van der Waals surface area (Å²) in [5, 5.41) is 3.00. The highest BCUT2D eigenvalue weighted by molar-refractivity contribution is 9.10. The standard InChI is InChI=1S/C12H17BrFNO/c1-2-3-7-16-8-6-15-12-5-4-10(13)9-11(12)14/h4-5,9,15H,2-3,6-8H2,1H3. The smallest absolute Gasteiger partial charge is 0.147 e. The monoisotopic (exact) mass is 289 g/mol. The molecule has 0 bridgehead atoms. The molecule has 0 aromatic heterocycles.